The highest BCUT2D eigenvalue weighted by Crippen LogP contribution is 2.34. The Hall–Kier alpha value is -2.37. The van der Waals surface area contributed by atoms with Gasteiger partial charge in [0.25, 0.3) is 0 Å². The summed E-state index contributed by atoms with van der Waals surface area (Å²) < 4.78 is 10.4. The highest BCUT2D eigenvalue weighted by Gasteiger charge is 2.13. The van der Waals surface area contributed by atoms with Crippen LogP contribution in [0, 0.1) is 6.92 Å². The first kappa shape index (κ1) is 20.9. The van der Waals surface area contributed by atoms with E-state index in [1.807, 2.05) is 18.2 Å². The SMILES string of the molecule is COC(=O)Cc1ccc(OC)c(-c2ccc(C)cc2CNCCN(C)C)c1. The van der Waals surface area contributed by atoms with Gasteiger partial charge < -0.3 is 19.7 Å². The van der Waals surface area contributed by atoms with Crippen molar-refractivity contribution >= 4 is 5.97 Å². The number of aryl methyl sites for hydroxylation is 1. The minimum atomic E-state index is -0.249. The second-order valence-electron chi connectivity index (χ2n) is 6.93. The number of ether oxygens (including phenoxy) is 2. The van der Waals surface area contributed by atoms with Crippen molar-refractivity contribution in [1.82, 2.24) is 10.2 Å². The van der Waals surface area contributed by atoms with Gasteiger partial charge in [0.15, 0.2) is 0 Å². The first-order valence-electron chi connectivity index (χ1n) is 9.13. The summed E-state index contributed by atoms with van der Waals surface area (Å²) in [5.41, 5.74) is 5.43. The lowest BCUT2D eigenvalue weighted by atomic mass is 9.95. The van der Waals surface area contributed by atoms with Crippen LogP contribution in [0.2, 0.25) is 0 Å². The number of methoxy groups -OCH3 is 2. The lowest BCUT2D eigenvalue weighted by Crippen LogP contribution is -2.26. The van der Waals surface area contributed by atoms with Crippen molar-refractivity contribution in [3.05, 3.63) is 53.1 Å². The zero-order valence-electron chi connectivity index (χ0n) is 17.0. The molecule has 0 saturated carbocycles. The molecule has 5 heteroatoms. The molecule has 0 aliphatic rings. The van der Waals surface area contributed by atoms with Crippen molar-refractivity contribution < 1.29 is 14.3 Å². The van der Waals surface area contributed by atoms with Gasteiger partial charge in [0, 0.05) is 25.2 Å². The molecule has 0 unspecified atom stereocenters. The third-order valence-corrected chi connectivity index (χ3v) is 4.44. The fraction of sp³-hybridized carbons (Fsp3) is 0.409. The number of carbonyl (C=O) groups is 1. The van der Waals surface area contributed by atoms with Gasteiger partial charge in [-0.05, 0) is 49.8 Å². The molecule has 0 fully saturated rings. The molecule has 146 valence electrons. The van der Waals surface area contributed by atoms with Gasteiger partial charge in [-0.1, -0.05) is 29.8 Å². The Kier molecular flexibility index (Phi) is 7.82. The van der Waals surface area contributed by atoms with Gasteiger partial charge in [0.2, 0.25) is 0 Å². The van der Waals surface area contributed by atoms with Crippen LogP contribution in [0.5, 0.6) is 5.75 Å². The molecule has 2 aromatic carbocycles. The molecule has 0 spiro atoms. The van der Waals surface area contributed by atoms with Crippen LogP contribution in [0.1, 0.15) is 16.7 Å². The van der Waals surface area contributed by atoms with Gasteiger partial charge >= 0.3 is 5.97 Å². The van der Waals surface area contributed by atoms with Crippen LogP contribution < -0.4 is 10.1 Å². The molecule has 0 aromatic heterocycles. The monoisotopic (exact) mass is 370 g/mol. The zero-order chi connectivity index (χ0) is 19.8. The Morgan fingerprint density at radius 1 is 1.07 bits per heavy atom. The number of hydrogen-bond donors (Lipinski definition) is 1. The van der Waals surface area contributed by atoms with E-state index in [1.54, 1.807) is 7.11 Å². The van der Waals surface area contributed by atoms with Gasteiger partial charge in [-0.25, -0.2) is 0 Å². The fourth-order valence-electron chi connectivity index (χ4n) is 2.97. The Balaban J connectivity index is 2.34. The fourth-order valence-corrected chi connectivity index (χ4v) is 2.97. The van der Waals surface area contributed by atoms with Gasteiger partial charge in [0.05, 0.1) is 20.6 Å². The van der Waals surface area contributed by atoms with Gasteiger partial charge in [-0.2, -0.15) is 0 Å². The molecule has 0 radical (unpaired) electrons. The van der Waals surface area contributed by atoms with Crippen molar-refractivity contribution in [2.24, 2.45) is 0 Å². The Morgan fingerprint density at radius 3 is 2.52 bits per heavy atom. The van der Waals surface area contributed by atoms with E-state index < -0.39 is 0 Å². The first-order valence-corrected chi connectivity index (χ1v) is 9.13. The first-order chi connectivity index (χ1) is 12.9. The molecular weight excluding hydrogens is 340 g/mol. The average Bonchev–Trinajstić information content (AvgIpc) is 2.65. The van der Waals surface area contributed by atoms with Crippen molar-refractivity contribution in [2.75, 3.05) is 41.4 Å². The lowest BCUT2D eigenvalue weighted by Gasteiger charge is -2.16. The molecule has 0 heterocycles. The van der Waals surface area contributed by atoms with Crippen molar-refractivity contribution in [3.63, 3.8) is 0 Å². The summed E-state index contributed by atoms with van der Waals surface area (Å²) in [5, 5.41) is 3.51. The van der Waals surface area contributed by atoms with Gasteiger partial charge in [-0.15, -0.1) is 0 Å². The van der Waals surface area contributed by atoms with Crippen molar-refractivity contribution in [3.8, 4) is 16.9 Å². The van der Waals surface area contributed by atoms with Crippen LogP contribution in [0.25, 0.3) is 11.1 Å². The van der Waals surface area contributed by atoms with Gasteiger partial charge in [0.1, 0.15) is 5.75 Å². The summed E-state index contributed by atoms with van der Waals surface area (Å²) in [6.45, 7) is 4.77. The maximum atomic E-state index is 11.7. The van der Waals surface area contributed by atoms with E-state index in [4.69, 9.17) is 9.47 Å². The third-order valence-electron chi connectivity index (χ3n) is 4.44. The number of nitrogens with zero attached hydrogens (tertiary/aromatic N) is 1. The molecule has 0 atom stereocenters. The van der Waals surface area contributed by atoms with Crippen LogP contribution in [0.4, 0.5) is 0 Å². The number of hydrogen-bond acceptors (Lipinski definition) is 5. The Morgan fingerprint density at radius 2 is 1.85 bits per heavy atom. The molecule has 2 rings (SSSR count). The molecule has 2 aromatic rings. The van der Waals surface area contributed by atoms with E-state index in [9.17, 15) is 4.79 Å². The second-order valence-corrected chi connectivity index (χ2v) is 6.93. The molecule has 0 bridgehead atoms. The number of esters is 1. The maximum absolute atomic E-state index is 11.7. The Bertz CT molecular complexity index is 772. The lowest BCUT2D eigenvalue weighted by molar-refractivity contribution is -0.139. The number of nitrogens with one attached hydrogen (secondary N) is 1. The van der Waals surface area contributed by atoms with Crippen LogP contribution >= 0.6 is 0 Å². The largest absolute Gasteiger partial charge is 0.496 e. The number of likely N-dealkylation sites (N-methyl/N-ethyl adjacent to an activating group) is 1. The molecule has 5 nitrogen and oxygen atoms in total. The highest BCUT2D eigenvalue weighted by molar-refractivity contribution is 5.77. The van der Waals surface area contributed by atoms with E-state index in [0.717, 1.165) is 42.1 Å². The van der Waals surface area contributed by atoms with Crippen LogP contribution in [0.15, 0.2) is 36.4 Å². The summed E-state index contributed by atoms with van der Waals surface area (Å²) >= 11 is 0. The molecule has 0 saturated heterocycles. The topological polar surface area (TPSA) is 50.8 Å². The molecule has 0 amide bonds. The molecule has 0 aliphatic carbocycles. The average molecular weight is 370 g/mol. The molecule has 27 heavy (non-hydrogen) atoms. The Labute approximate surface area is 162 Å². The van der Waals surface area contributed by atoms with E-state index in [0.29, 0.717) is 0 Å². The smallest absolute Gasteiger partial charge is 0.309 e. The molecule has 0 aliphatic heterocycles. The second kappa shape index (κ2) is 10.1. The van der Waals surface area contributed by atoms with E-state index in [2.05, 4.69) is 49.4 Å². The molecular formula is C22H30N2O3. The third kappa shape index (κ3) is 6.08. The number of rotatable bonds is 9. The van der Waals surface area contributed by atoms with E-state index >= 15 is 0 Å². The summed E-state index contributed by atoms with van der Waals surface area (Å²) in [5.74, 6) is 0.544. The zero-order valence-corrected chi connectivity index (χ0v) is 17.0. The van der Waals surface area contributed by atoms with Crippen molar-refractivity contribution in [2.45, 2.75) is 19.9 Å². The number of carbonyl (C=O) groups excluding carboxylic acids is 1. The van der Waals surface area contributed by atoms with Crippen molar-refractivity contribution in [1.29, 1.82) is 0 Å². The highest BCUT2D eigenvalue weighted by atomic mass is 16.5. The van der Waals surface area contributed by atoms with Gasteiger partial charge in [-0.3, -0.25) is 4.79 Å². The van der Waals surface area contributed by atoms with Crippen LogP contribution in [-0.4, -0.2) is 52.3 Å². The number of benzene rings is 2. The predicted molar refractivity (Wildman–Crippen MR) is 109 cm³/mol. The maximum Gasteiger partial charge on any atom is 0.309 e. The summed E-state index contributed by atoms with van der Waals surface area (Å²) in [4.78, 5) is 13.8. The minimum absolute atomic E-state index is 0.246. The standard InChI is InChI=1S/C22H30N2O3/c1-16-6-8-19(18(12-16)15-23-10-11-24(2)3)20-13-17(14-22(25)27-5)7-9-21(20)26-4/h6-9,12-13,23H,10-11,14-15H2,1-5H3. The minimum Gasteiger partial charge on any atom is -0.496 e. The summed E-state index contributed by atoms with van der Waals surface area (Å²) in [6, 6.07) is 12.3. The normalized spacial score (nSPS) is 10.9. The van der Waals surface area contributed by atoms with Crippen LogP contribution in [-0.2, 0) is 22.5 Å². The van der Waals surface area contributed by atoms with E-state index in [1.165, 1.54) is 18.2 Å². The quantitative estimate of drug-likeness (QED) is 0.543. The predicted octanol–water partition coefficient (Wildman–Crippen LogP) is 3.04. The summed E-state index contributed by atoms with van der Waals surface area (Å²) in [7, 11) is 7.21. The summed E-state index contributed by atoms with van der Waals surface area (Å²) in [6.07, 6.45) is 0.246. The molecule has 1 N–H and O–H groups in total. The van der Waals surface area contributed by atoms with E-state index in [-0.39, 0.29) is 12.4 Å². The van der Waals surface area contributed by atoms with Crippen LogP contribution in [0.3, 0.4) is 0 Å².